The standard InChI is InChI=1S/C18H25N3/c1-20-13-14-8-9-18(16(11-14)12-19)21-10-4-6-15-5-2-3-7-17(15)21/h8-9,11,15,17,20H,2-7,10,13H2,1H3/t15-,17-/m1/s1. The van der Waals surface area contributed by atoms with Crippen LogP contribution in [0.4, 0.5) is 5.69 Å². The van der Waals surface area contributed by atoms with Gasteiger partial charge < -0.3 is 10.2 Å². The number of hydrogen-bond acceptors (Lipinski definition) is 3. The summed E-state index contributed by atoms with van der Waals surface area (Å²) in [4.78, 5) is 2.54. The fourth-order valence-electron chi connectivity index (χ4n) is 4.16. The molecule has 0 bridgehead atoms. The number of hydrogen-bond donors (Lipinski definition) is 1. The first kappa shape index (κ1) is 14.4. The Kier molecular flexibility index (Phi) is 4.45. The van der Waals surface area contributed by atoms with Crippen molar-refractivity contribution in [2.75, 3.05) is 18.5 Å². The Labute approximate surface area is 128 Å². The average molecular weight is 283 g/mol. The summed E-state index contributed by atoms with van der Waals surface area (Å²) in [6, 6.07) is 9.47. The highest BCUT2D eigenvalue weighted by Crippen LogP contribution is 2.38. The van der Waals surface area contributed by atoms with E-state index in [4.69, 9.17) is 0 Å². The lowest BCUT2D eigenvalue weighted by Gasteiger charge is -2.45. The molecule has 1 aromatic carbocycles. The van der Waals surface area contributed by atoms with Crippen molar-refractivity contribution in [1.29, 1.82) is 5.26 Å². The summed E-state index contributed by atoms with van der Waals surface area (Å²) in [6.45, 7) is 1.93. The lowest BCUT2D eigenvalue weighted by molar-refractivity contribution is 0.244. The second-order valence-electron chi connectivity index (χ2n) is 6.44. The molecular weight excluding hydrogens is 258 g/mol. The number of anilines is 1. The van der Waals surface area contributed by atoms with E-state index in [1.54, 1.807) is 0 Å². The van der Waals surface area contributed by atoms with Gasteiger partial charge in [0.15, 0.2) is 0 Å². The van der Waals surface area contributed by atoms with Crippen molar-refractivity contribution in [2.45, 2.75) is 51.1 Å². The molecule has 1 saturated heterocycles. The van der Waals surface area contributed by atoms with Gasteiger partial charge in [-0.05, 0) is 56.3 Å². The number of benzene rings is 1. The topological polar surface area (TPSA) is 39.1 Å². The van der Waals surface area contributed by atoms with Gasteiger partial charge in [-0.1, -0.05) is 18.9 Å². The Morgan fingerprint density at radius 3 is 2.86 bits per heavy atom. The van der Waals surface area contributed by atoms with Gasteiger partial charge in [0.25, 0.3) is 0 Å². The molecule has 3 heteroatoms. The van der Waals surface area contributed by atoms with Crippen molar-refractivity contribution in [2.24, 2.45) is 5.92 Å². The number of fused-ring (bicyclic) bond motifs is 1. The molecule has 0 spiro atoms. The highest BCUT2D eigenvalue weighted by atomic mass is 15.2. The Hall–Kier alpha value is -1.53. The van der Waals surface area contributed by atoms with Gasteiger partial charge in [0, 0.05) is 19.1 Å². The van der Waals surface area contributed by atoms with Crippen molar-refractivity contribution in [3.05, 3.63) is 29.3 Å². The van der Waals surface area contributed by atoms with Crippen LogP contribution in [0, 0.1) is 17.2 Å². The predicted octanol–water partition coefficient (Wildman–Crippen LogP) is 3.44. The zero-order valence-electron chi connectivity index (χ0n) is 12.9. The second kappa shape index (κ2) is 6.49. The third-order valence-corrected chi connectivity index (χ3v) is 5.11. The van der Waals surface area contributed by atoms with Crippen LogP contribution in [0.1, 0.15) is 49.7 Å². The van der Waals surface area contributed by atoms with Crippen molar-refractivity contribution >= 4 is 5.69 Å². The van der Waals surface area contributed by atoms with E-state index in [2.05, 4.69) is 34.5 Å². The SMILES string of the molecule is CNCc1ccc(N2CCC[C@H]3CCCC[C@H]32)c(C#N)c1. The maximum absolute atomic E-state index is 9.54. The quantitative estimate of drug-likeness (QED) is 0.923. The average Bonchev–Trinajstić information content (AvgIpc) is 2.54. The van der Waals surface area contributed by atoms with Crippen LogP contribution in [0.5, 0.6) is 0 Å². The fraction of sp³-hybridized carbons (Fsp3) is 0.611. The maximum atomic E-state index is 9.54. The van der Waals surface area contributed by atoms with Gasteiger partial charge in [0.1, 0.15) is 6.07 Å². The summed E-state index contributed by atoms with van der Waals surface area (Å²) in [6.07, 6.45) is 8.05. The molecule has 2 fully saturated rings. The third-order valence-electron chi connectivity index (χ3n) is 5.11. The van der Waals surface area contributed by atoms with E-state index in [-0.39, 0.29) is 0 Å². The van der Waals surface area contributed by atoms with Crippen LogP contribution < -0.4 is 10.2 Å². The molecule has 112 valence electrons. The minimum absolute atomic E-state index is 0.662. The van der Waals surface area contributed by atoms with E-state index in [0.29, 0.717) is 6.04 Å². The molecule has 1 saturated carbocycles. The van der Waals surface area contributed by atoms with Crippen LogP contribution in [0.2, 0.25) is 0 Å². The van der Waals surface area contributed by atoms with E-state index in [1.807, 2.05) is 7.05 Å². The van der Waals surface area contributed by atoms with Crippen molar-refractivity contribution in [3.63, 3.8) is 0 Å². The highest BCUT2D eigenvalue weighted by molar-refractivity contribution is 5.61. The van der Waals surface area contributed by atoms with Crippen molar-refractivity contribution in [3.8, 4) is 6.07 Å². The molecule has 1 aliphatic carbocycles. The summed E-state index contributed by atoms with van der Waals surface area (Å²) in [5, 5.41) is 12.7. The van der Waals surface area contributed by atoms with Crippen LogP contribution in [-0.2, 0) is 6.54 Å². The number of nitrogens with one attached hydrogen (secondary N) is 1. The minimum Gasteiger partial charge on any atom is -0.367 e. The molecule has 1 N–H and O–H groups in total. The van der Waals surface area contributed by atoms with Gasteiger partial charge >= 0.3 is 0 Å². The van der Waals surface area contributed by atoms with Crippen LogP contribution >= 0.6 is 0 Å². The van der Waals surface area contributed by atoms with Crippen LogP contribution in [-0.4, -0.2) is 19.6 Å². The van der Waals surface area contributed by atoms with E-state index in [9.17, 15) is 5.26 Å². The van der Waals surface area contributed by atoms with E-state index in [0.717, 1.165) is 30.3 Å². The summed E-state index contributed by atoms with van der Waals surface area (Å²) in [5.41, 5.74) is 3.19. The van der Waals surface area contributed by atoms with Crippen molar-refractivity contribution in [1.82, 2.24) is 5.32 Å². The first-order chi connectivity index (χ1) is 10.3. The third kappa shape index (κ3) is 2.91. The molecular formula is C18H25N3. The van der Waals surface area contributed by atoms with Gasteiger partial charge in [-0.2, -0.15) is 5.26 Å². The van der Waals surface area contributed by atoms with Gasteiger partial charge in [0.05, 0.1) is 11.3 Å². The van der Waals surface area contributed by atoms with Gasteiger partial charge in [-0.15, -0.1) is 0 Å². The first-order valence-electron chi connectivity index (χ1n) is 8.27. The molecule has 0 aromatic heterocycles. The summed E-state index contributed by atoms with van der Waals surface area (Å²) in [7, 11) is 1.94. The number of nitriles is 1. The zero-order valence-corrected chi connectivity index (χ0v) is 12.9. The molecule has 2 atom stereocenters. The fourth-order valence-corrected chi connectivity index (χ4v) is 4.16. The number of piperidine rings is 1. The molecule has 0 amide bonds. The molecule has 21 heavy (non-hydrogen) atoms. The van der Waals surface area contributed by atoms with Crippen molar-refractivity contribution < 1.29 is 0 Å². The van der Waals surface area contributed by atoms with Crippen LogP contribution in [0.15, 0.2) is 18.2 Å². The van der Waals surface area contributed by atoms with Gasteiger partial charge in [-0.25, -0.2) is 0 Å². The Morgan fingerprint density at radius 1 is 1.24 bits per heavy atom. The summed E-state index contributed by atoms with van der Waals surface area (Å²) in [5.74, 6) is 0.844. The zero-order chi connectivity index (χ0) is 14.7. The highest BCUT2D eigenvalue weighted by Gasteiger charge is 2.34. The van der Waals surface area contributed by atoms with Gasteiger partial charge in [0.2, 0.25) is 0 Å². The molecule has 2 aliphatic rings. The predicted molar refractivity (Wildman–Crippen MR) is 86.2 cm³/mol. The second-order valence-corrected chi connectivity index (χ2v) is 6.44. The lowest BCUT2D eigenvalue weighted by atomic mass is 9.78. The van der Waals surface area contributed by atoms with E-state index < -0.39 is 0 Å². The largest absolute Gasteiger partial charge is 0.367 e. The van der Waals surface area contributed by atoms with E-state index in [1.165, 1.54) is 44.1 Å². The van der Waals surface area contributed by atoms with Crippen LogP contribution in [0.3, 0.4) is 0 Å². The van der Waals surface area contributed by atoms with Gasteiger partial charge in [-0.3, -0.25) is 0 Å². The Morgan fingerprint density at radius 2 is 2.05 bits per heavy atom. The molecule has 0 unspecified atom stereocenters. The minimum atomic E-state index is 0.662. The lowest BCUT2D eigenvalue weighted by Crippen LogP contribution is -2.47. The summed E-state index contributed by atoms with van der Waals surface area (Å²) < 4.78 is 0. The van der Waals surface area contributed by atoms with E-state index >= 15 is 0 Å². The summed E-state index contributed by atoms with van der Waals surface area (Å²) >= 11 is 0. The smallest absolute Gasteiger partial charge is 0.101 e. The van der Waals surface area contributed by atoms with Crippen LogP contribution in [0.25, 0.3) is 0 Å². The number of nitrogens with zero attached hydrogens (tertiary/aromatic N) is 2. The molecule has 0 radical (unpaired) electrons. The monoisotopic (exact) mass is 283 g/mol. The first-order valence-corrected chi connectivity index (χ1v) is 8.27. The Bertz CT molecular complexity index is 530. The Balaban J connectivity index is 1.89. The number of rotatable bonds is 3. The molecule has 1 aromatic rings. The molecule has 3 rings (SSSR count). The normalized spacial score (nSPS) is 25.2. The maximum Gasteiger partial charge on any atom is 0.101 e. The molecule has 1 aliphatic heterocycles. The molecule has 3 nitrogen and oxygen atoms in total. The molecule has 1 heterocycles.